The van der Waals surface area contributed by atoms with E-state index in [0.717, 1.165) is 23.8 Å². The van der Waals surface area contributed by atoms with Crippen molar-refractivity contribution in [1.29, 1.82) is 0 Å². The van der Waals surface area contributed by atoms with Crippen LogP contribution in [0.15, 0.2) is 80.8 Å². The number of piperidine rings is 1. The van der Waals surface area contributed by atoms with E-state index < -0.39 is 179 Å². The van der Waals surface area contributed by atoms with Crippen LogP contribution >= 0.6 is 0 Å². The Balaban J connectivity index is 1.20. The van der Waals surface area contributed by atoms with E-state index in [-0.39, 0.29) is 57.8 Å². The lowest BCUT2D eigenvalue weighted by atomic mass is 9.67. The molecule has 3 saturated heterocycles. The Morgan fingerprint density at radius 3 is 2.40 bits per heavy atom. The number of phenolic OH excluding ortho intramolecular Hbond substituents is 3. The molecule has 2 aromatic carbocycles. The molecular formula is C58H59N3O23. The number of nitrogens with one attached hydrogen (secondary N) is 3. The Hall–Kier alpha value is -7.64. The summed E-state index contributed by atoms with van der Waals surface area (Å²) < 4.78 is 32.1. The number of ether oxygens (including phenoxy) is 4. The number of dihydropyridines is 1. The maximum Gasteiger partial charge on any atom is 0.354 e. The van der Waals surface area contributed by atoms with Gasteiger partial charge in [0.15, 0.2) is 34.9 Å². The molecule has 4 aromatic rings. The van der Waals surface area contributed by atoms with E-state index in [2.05, 4.69) is 33.4 Å². The number of esters is 1. The number of fused-ring (bicyclic) bond motifs is 7. The number of carboxylic acids is 1. The molecule has 13 atom stereocenters. The second-order valence-corrected chi connectivity index (χ2v) is 22.2. The first-order chi connectivity index (χ1) is 39.8. The van der Waals surface area contributed by atoms with Crippen molar-refractivity contribution < 1.29 is 109 Å². The predicted molar refractivity (Wildman–Crippen MR) is 283 cm³/mol. The molecule has 13 unspecified atom stereocenters. The van der Waals surface area contributed by atoms with Gasteiger partial charge in [-0.15, -0.1) is 0 Å². The molecule has 0 radical (unpaired) electrons. The van der Waals surface area contributed by atoms with Gasteiger partial charge in [-0.2, -0.15) is 0 Å². The van der Waals surface area contributed by atoms with Crippen molar-refractivity contribution in [3.8, 4) is 58.0 Å². The number of hydrogen-bond acceptors (Lipinski definition) is 24. The Morgan fingerprint density at radius 1 is 0.905 bits per heavy atom. The summed E-state index contributed by atoms with van der Waals surface area (Å²) in [6, 6.07) is 6.08. The molecule has 0 amide bonds. The van der Waals surface area contributed by atoms with Crippen molar-refractivity contribution in [1.82, 2.24) is 15.6 Å². The summed E-state index contributed by atoms with van der Waals surface area (Å²) in [5.74, 6) is -11.7. The maximum atomic E-state index is 16.1. The summed E-state index contributed by atoms with van der Waals surface area (Å²) in [7, 11) is 0. The lowest BCUT2D eigenvalue weighted by Crippen LogP contribution is -2.81. The molecule has 26 nitrogen and oxygen atoms in total. The van der Waals surface area contributed by atoms with Crippen molar-refractivity contribution in [3.63, 3.8) is 0 Å². The predicted octanol–water partition coefficient (Wildman–Crippen LogP) is -2.02. The fourth-order valence-corrected chi connectivity index (χ4v) is 12.6. The third-order valence-corrected chi connectivity index (χ3v) is 17.2. The SMILES string of the molecule is CC1CCNC2NC=C(C3C=C4Cc5[nH]ccc5C#CCC5(O)C(O)C(O)C4(Oc4cc6oc(-c7cc(O)c(O)c(CCO)c7)cc(=O)c6c(O)c43)OC53CC#CC4(C(=O)O)OC(CC(CO)CC(=O)CO)(OC3=O)C(O)C(O)C4(O)O)C=C12. The number of aromatic nitrogens is 1. The van der Waals surface area contributed by atoms with Crippen LogP contribution in [0.25, 0.3) is 22.3 Å². The van der Waals surface area contributed by atoms with Gasteiger partial charge in [0.05, 0.1) is 12.6 Å². The van der Waals surface area contributed by atoms with Gasteiger partial charge in [0, 0.05) is 103 Å². The topological polar surface area (TPSA) is 441 Å². The monoisotopic (exact) mass is 1170 g/mol. The molecule has 84 heavy (non-hydrogen) atoms. The zero-order valence-electron chi connectivity index (χ0n) is 44.5. The number of carbonyl (C=O) groups excluding carboxylic acids is 2. The summed E-state index contributed by atoms with van der Waals surface area (Å²) in [5, 5.41) is 167. The molecule has 8 aliphatic rings. The van der Waals surface area contributed by atoms with Gasteiger partial charge in [-0.05, 0) is 66.5 Å². The van der Waals surface area contributed by atoms with Crippen molar-refractivity contribution >= 4 is 28.7 Å². The first-order valence-electron chi connectivity index (χ1n) is 26.8. The van der Waals surface area contributed by atoms with Gasteiger partial charge in [-0.3, -0.25) is 14.9 Å². The number of carbonyl (C=O) groups is 3. The lowest BCUT2D eigenvalue weighted by Gasteiger charge is -2.58. The highest BCUT2D eigenvalue weighted by Gasteiger charge is 2.78. The van der Waals surface area contributed by atoms with E-state index in [1.165, 1.54) is 18.3 Å². The van der Waals surface area contributed by atoms with Crippen LogP contribution in [-0.4, -0.2) is 185 Å². The highest BCUT2D eigenvalue weighted by Crippen LogP contribution is 2.58. The van der Waals surface area contributed by atoms with Crippen molar-refractivity contribution in [2.45, 2.75) is 123 Å². The minimum Gasteiger partial charge on any atom is -0.507 e. The van der Waals surface area contributed by atoms with E-state index in [1.54, 1.807) is 12.3 Å². The quantitative estimate of drug-likeness (QED) is 0.0253. The highest BCUT2D eigenvalue weighted by atomic mass is 16.8. The molecule has 12 rings (SSSR count). The molecule has 3 fully saturated rings. The number of carboxylic acid groups (broad SMARTS) is 1. The zero-order chi connectivity index (χ0) is 60.2. The maximum absolute atomic E-state index is 16.1. The zero-order valence-corrected chi connectivity index (χ0v) is 44.5. The molecule has 9 heterocycles. The minimum atomic E-state index is -4.11. The second-order valence-electron chi connectivity index (χ2n) is 22.2. The van der Waals surface area contributed by atoms with E-state index >= 15 is 4.79 Å². The van der Waals surface area contributed by atoms with Crippen LogP contribution in [0.3, 0.4) is 0 Å². The number of Topliss-reactive ketones (excluding diaryl/α,β-unsaturated/α-hetero) is 1. The number of rotatable bonds is 11. The third-order valence-electron chi connectivity index (χ3n) is 17.2. The molecule has 4 bridgehead atoms. The summed E-state index contributed by atoms with van der Waals surface area (Å²) in [5.41, 5.74) is -10.5. The smallest absolute Gasteiger partial charge is 0.354 e. The normalized spacial score (nSPS) is 33.2. The number of aliphatic carboxylic acids is 1. The van der Waals surface area contributed by atoms with E-state index in [9.17, 15) is 85.9 Å². The first kappa shape index (κ1) is 58.1. The fraction of sp³-hybridized carbons (Fsp3) is 0.448. The molecular weight excluding hydrogens is 1110 g/mol. The van der Waals surface area contributed by atoms with Crippen molar-refractivity contribution in [2.75, 3.05) is 26.4 Å². The third kappa shape index (κ3) is 8.71. The average molecular weight is 1170 g/mol. The minimum absolute atomic E-state index is 0.0134. The summed E-state index contributed by atoms with van der Waals surface area (Å²) >= 11 is 0. The van der Waals surface area contributed by atoms with Crippen molar-refractivity contribution in [3.05, 3.63) is 104 Å². The van der Waals surface area contributed by atoms with E-state index in [4.69, 9.17) is 23.4 Å². The number of benzene rings is 2. The number of ketones is 1. The number of hydrogen-bond donors (Lipinski definition) is 17. The summed E-state index contributed by atoms with van der Waals surface area (Å²) in [4.78, 5) is 59.9. The number of H-pyrrole nitrogens is 1. The van der Waals surface area contributed by atoms with Gasteiger partial charge in [-0.25, -0.2) is 9.59 Å². The Labute approximate surface area is 475 Å². The number of aliphatic hydroxyl groups excluding tert-OH is 7. The van der Waals surface area contributed by atoms with Gasteiger partial charge < -0.3 is 105 Å². The van der Waals surface area contributed by atoms with Gasteiger partial charge in [0.25, 0.3) is 11.4 Å². The molecule has 7 aliphatic heterocycles. The molecule has 2 aromatic heterocycles. The van der Waals surface area contributed by atoms with Gasteiger partial charge in [-0.1, -0.05) is 36.8 Å². The molecule has 17 N–H and O–H groups in total. The van der Waals surface area contributed by atoms with Crippen LogP contribution in [0.4, 0.5) is 0 Å². The fourth-order valence-electron chi connectivity index (χ4n) is 12.6. The summed E-state index contributed by atoms with van der Waals surface area (Å²) in [6.45, 7) is 0.0324. The molecule has 0 saturated carbocycles. The number of aliphatic hydroxyl groups is 10. The van der Waals surface area contributed by atoms with E-state index in [0.29, 0.717) is 18.5 Å². The van der Waals surface area contributed by atoms with Crippen LogP contribution in [0.2, 0.25) is 0 Å². The summed E-state index contributed by atoms with van der Waals surface area (Å²) in [6.07, 6.45) is -9.64. The molecule has 2 spiro atoms. The standard InChI is InChI=1S/C58H59N3O23/c1-26-5-11-60-50-34(26)16-31(23-61-50)35-18-32-19-36-28(6-12-59-36)4-2-8-53(77)46(70)48(72)57(32,81-41-21-40-43(45(69)42(35)41)37(66)20-39(80-40)30-15-29(7-13-62)44(68)38(67)17-30)84-55(53)10-3-9-54(51(74)75)58(78,79)49(73)47(71)56(83-54,82-52(55)76)22-27(24-63)14-33(65)25-64/h6,12,15-18,20-21,23,26-27,35,46-50,59-64,67-73,77-79H,5,7-8,10-11,13-14,19,22,24-25H2,1H3,(H,74,75). The van der Waals surface area contributed by atoms with Crippen LogP contribution < -0.4 is 20.8 Å². The average Bonchev–Trinajstić information content (AvgIpc) is 1.25. The number of aromatic hydroxyl groups is 3. The van der Waals surface area contributed by atoms with Crippen LogP contribution in [0.5, 0.6) is 23.0 Å². The Bertz CT molecular complexity index is 3710. The van der Waals surface area contributed by atoms with Gasteiger partial charge in [0.1, 0.15) is 52.6 Å². The number of phenols is 3. The van der Waals surface area contributed by atoms with Gasteiger partial charge in [0.2, 0.25) is 17.2 Å². The van der Waals surface area contributed by atoms with Gasteiger partial charge >= 0.3 is 11.9 Å². The largest absolute Gasteiger partial charge is 0.507 e. The highest BCUT2D eigenvalue weighted by molar-refractivity contribution is 5.90. The second kappa shape index (κ2) is 20.9. The Kier molecular flexibility index (Phi) is 14.4. The number of allylic oxidation sites excluding steroid dienone is 3. The molecule has 444 valence electrons. The lowest BCUT2D eigenvalue weighted by molar-refractivity contribution is -0.434. The molecule has 1 aliphatic carbocycles. The van der Waals surface area contributed by atoms with Crippen LogP contribution in [-0.2, 0) is 41.4 Å². The first-order valence-corrected chi connectivity index (χ1v) is 26.8. The van der Waals surface area contributed by atoms with Crippen LogP contribution in [0.1, 0.15) is 67.3 Å². The van der Waals surface area contributed by atoms with E-state index in [1.807, 2.05) is 18.9 Å². The number of aromatic amines is 1. The van der Waals surface area contributed by atoms with Crippen LogP contribution in [0, 0.1) is 35.5 Å². The van der Waals surface area contributed by atoms with Crippen molar-refractivity contribution in [2.24, 2.45) is 11.8 Å². The molecule has 26 heteroatoms. The Morgan fingerprint density at radius 2 is 1.68 bits per heavy atom.